The zero-order valence-corrected chi connectivity index (χ0v) is 16.9. The summed E-state index contributed by atoms with van der Waals surface area (Å²) >= 11 is 1.37. The van der Waals surface area contributed by atoms with Crippen LogP contribution in [0.1, 0.15) is 29.0 Å². The van der Waals surface area contributed by atoms with Crippen LogP contribution in [0.4, 0.5) is 4.39 Å². The number of thioether (sulfide) groups is 1. The summed E-state index contributed by atoms with van der Waals surface area (Å²) in [4.78, 5) is 13.3. The number of rotatable bonds is 6. The van der Waals surface area contributed by atoms with Crippen molar-refractivity contribution in [2.24, 2.45) is 0 Å². The van der Waals surface area contributed by atoms with Gasteiger partial charge in [-0.2, -0.15) is 0 Å². The van der Waals surface area contributed by atoms with Gasteiger partial charge in [-0.05, 0) is 37.6 Å². The van der Waals surface area contributed by atoms with Crippen molar-refractivity contribution in [1.29, 1.82) is 0 Å². The van der Waals surface area contributed by atoms with Crippen LogP contribution in [0.2, 0.25) is 0 Å². The molecule has 4 rings (SSSR count). The van der Waals surface area contributed by atoms with Gasteiger partial charge in [-0.3, -0.25) is 4.79 Å². The quantitative estimate of drug-likeness (QED) is 0.564. The van der Waals surface area contributed by atoms with Crippen LogP contribution in [0.3, 0.4) is 0 Å². The molecule has 0 spiro atoms. The van der Waals surface area contributed by atoms with E-state index in [1.165, 1.54) is 17.8 Å². The Morgan fingerprint density at radius 1 is 1.21 bits per heavy atom. The Hall–Kier alpha value is -2.02. The molecule has 1 aromatic heterocycles. The molecule has 1 aliphatic rings. The Labute approximate surface area is 173 Å². The van der Waals surface area contributed by atoms with Crippen molar-refractivity contribution in [2.75, 3.05) is 13.1 Å². The average molecular weight is 421 g/mol. The molecule has 1 fully saturated rings. The topological polar surface area (TPSA) is 54.3 Å². The molecule has 7 heteroatoms. The van der Waals surface area contributed by atoms with Crippen LogP contribution in [-0.2, 0) is 5.75 Å². The minimum atomic E-state index is -0.256. The number of amides is 1. The van der Waals surface area contributed by atoms with E-state index >= 15 is 0 Å². The first-order chi connectivity index (χ1) is 13.2. The minimum Gasteiger partial charge on any atom is -0.451 e. The van der Waals surface area contributed by atoms with Gasteiger partial charge in [0.2, 0.25) is 0 Å². The maximum absolute atomic E-state index is 14.0. The molecule has 2 heterocycles. The highest BCUT2D eigenvalue weighted by atomic mass is 35.5. The van der Waals surface area contributed by atoms with Crippen molar-refractivity contribution in [3.63, 3.8) is 0 Å². The molecule has 1 atom stereocenters. The van der Waals surface area contributed by atoms with Gasteiger partial charge >= 0.3 is 0 Å². The molecule has 0 saturated carbocycles. The minimum absolute atomic E-state index is 0. The second-order valence-electron chi connectivity index (χ2n) is 6.63. The first-order valence-corrected chi connectivity index (χ1v) is 10.1. The summed E-state index contributed by atoms with van der Waals surface area (Å²) in [6, 6.07) is 14.6. The fourth-order valence-electron chi connectivity index (χ4n) is 3.36. The van der Waals surface area contributed by atoms with Crippen LogP contribution in [0.15, 0.2) is 57.8 Å². The molecular formula is C21H22ClFN2O2S. The fraction of sp³-hybridized carbons (Fsp3) is 0.286. The lowest BCUT2D eigenvalue weighted by atomic mass is 10.1. The van der Waals surface area contributed by atoms with Gasteiger partial charge in [-0.1, -0.05) is 30.3 Å². The van der Waals surface area contributed by atoms with E-state index in [1.807, 2.05) is 24.3 Å². The predicted molar refractivity (Wildman–Crippen MR) is 113 cm³/mol. The Bertz CT molecular complexity index is 956. The molecule has 1 aliphatic heterocycles. The lowest BCUT2D eigenvalue weighted by Gasteiger charge is -2.11. The van der Waals surface area contributed by atoms with Gasteiger partial charge in [0, 0.05) is 34.2 Å². The van der Waals surface area contributed by atoms with Crippen LogP contribution in [-0.4, -0.2) is 25.0 Å². The summed E-state index contributed by atoms with van der Waals surface area (Å²) < 4.78 is 19.8. The molecule has 2 N–H and O–H groups in total. The van der Waals surface area contributed by atoms with E-state index in [0.29, 0.717) is 34.6 Å². The third kappa shape index (κ3) is 4.51. The Balaban J connectivity index is 0.00000225. The number of hydrogen-bond donors (Lipinski definition) is 2. The standard InChI is InChI=1S/C21H21FN2O2S.ClH/c22-17-8-2-4-10-19(17)27-13-16-15-7-1-3-9-18(15)26-20(16)21(25)24-12-14-6-5-11-23-14;/h1-4,7-10,14,23H,5-6,11-13H2,(H,24,25);1H. The molecule has 1 saturated heterocycles. The second-order valence-corrected chi connectivity index (χ2v) is 7.65. The molecule has 148 valence electrons. The van der Waals surface area contributed by atoms with Gasteiger partial charge in [0.25, 0.3) is 5.91 Å². The summed E-state index contributed by atoms with van der Waals surface area (Å²) in [7, 11) is 0. The number of furan rings is 1. The van der Waals surface area contributed by atoms with E-state index in [4.69, 9.17) is 4.42 Å². The number of carbonyl (C=O) groups excluding carboxylic acids is 1. The SMILES string of the molecule is Cl.O=C(NCC1CCCN1)c1oc2ccccc2c1CSc1ccccc1F. The third-order valence-corrected chi connectivity index (χ3v) is 5.86. The van der Waals surface area contributed by atoms with Crippen LogP contribution in [0.25, 0.3) is 11.0 Å². The van der Waals surface area contributed by atoms with E-state index in [1.54, 1.807) is 18.2 Å². The molecule has 28 heavy (non-hydrogen) atoms. The predicted octanol–water partition coefficient (Wildman–Crippen LogP) is 4.77. The largest absolute Gasteiger partial charge is 0.451 e. The van der Waals surface area contributed by atoms with Crippen molar-refractivity contribution in [3.8, 4) is 0 Å². The maximum Gasteiger partial charge on any atom is 0.287 e. The molecule has 1 amide bonds. The van der Waals surface area contributed by atoms with E-state index in [9.17, 15) is 9.18 Å². The molecule has 1 unspecified atom stereocenters. The Kier molecular flexibility index (Phi) is 6.99. The lowest BCUT2D eigenvalue weighted by molar-refractivity contribution is 0.0924. The summed E-state index contributed by atoms with van der Waals surface area (Å²) in [5.74, 6) is 0.304. The molecule has 0 aliphatic carbocycles. The van der Waals surface area contributed by atoms with Gasteiger partial charge in [0.05, 0.1) is 0 Å². The first-order valence-electron chi connectivity index (χ1n) is 9.11. The van der Waals surface area contributed by atoms with Crippen LogP contribution in [0, 0.1) is 5.82 Å². The maximum atomic E-state index is 14.0. The van der Waals surface area contributed by atoms with Gasteiger partial charge in [-0.25, -0.2) is 4.39 Å². The first kappa shape index (κ1) is 20.7. The van der Waals surface area contributed by atoms with Gasteiger partial charge < -0.3 is 15.1 Å². The number of para-hydroxylation sites is 1. The van der Waals surface area contributed by atoms with Crippen molar-refractivity contribution in [3.05, 3.63) is 65.7 Å². The van der Waals surface area contributed by atoms with Crippen LogP contribution in [0.5, 0.6) is 0 Å². The number of benzene rings is 2. The monoisotopic (exact) mass is 420 g/mol. The highest BCUT2D eigenvalue weighted by molar-refractivity contribution is 7.98. The smallest absolute Gasteiger partial charge is 0.287 e. The zero-order valence-electron chi connectivity index (χ0n) is 15.2. The fourth-order valence-corrected chi connectivity index (χ4v) is 4.33. The number of fused-ring (bicyclic) bond motifs is 1. The summed E-state index contributed by atoms with van der Waals surface area (Å²) in [6.07, 6.45) is 2.20. The van der Waals surface area contributed by atoms with Crippen molar-refractivity contribution < 1.29 is 13.6 Å². The molecular weight excluding hydrogens is 399 g/mol. The van der Waals surface area contributed by atoms with Crippen molar-refractivity contribution in [1.82, 2.24) is 10.6 Å². The van der Waals surface area contributed by atoms with E-state index < -0.39 is 0 Å². The van der Waals surface area contributed by atoms with Gasteiger partial charge in [0.1, 0.15) is 11.4 Å². The second kappa shape index (κ2) is 9.45. The van der Waals surface area contributed by atoms with E-state index in [2.05, 4.69) is 10.6 Å². The normalized spacial score (nSPS) is 16.1. The highest BCUT2D eigenvalue weighted by Crippen LogP contribution is 2.33. The Morgan fingerprint density at radius 2 is 2.00 bits per heavy atom. The summed E-state index contributed by atoms with van der Waals surface area (Å²) in [5, 5.41) is 7.23. The van der Waals surface area contributed by atoms with Gasteiger partial charge in [-0.15, -0.1) is 24.2 Å². The van der Waals surface area contributed by atoms with Crippen LogP contribution < -0.4 is 10.6 Å². The molecule has 0 bridgehead atoms. The third-order valence-electron chi connectivity index (χ3n) is 4.78. The summed E-state index contributed by atoms with van der Waals surface area (Å²) in [5.41, 5.74) is 1.47. The van der Waals surface area contributed by atoms with E-state index in [0.717, 1.165) is 30.3 Å². The lowest BCUT2D eigenvalue weighted by Crippen LogP contribution is -2.37. The van der Waals surface area contributed by atoms with Gasteiger partial charge in [0.15, 0.2) is 5.76 Å². The number of carbonyl (C=O) groups is 1. The number of hydrogen-bond acceptors (Lipinski definition) is 4. The number of halogens is 2. The van der Waals surface area contributed by atoms with Crippen molar-refractivity contribution in [2.45, 2.75) is 29.5 Å². The van der Waals surface area contributed by atoms with E-state index in [-0.39, 0.29) is 24.1 Å². The van der Waals surface area contributed by atoms with Crippen molar-refractivity contribution >= 4 is 41.0 Å². The summed E-state index contributed by atoms with van der Waals surface area (Å²) in [6.45, 7) is 1.57. The molecule has 3 aromatic rings. The van der Waals surface area contributed by atoms with Crippen LogP contribution >= 0.6 is 24.2 Å². The Morgan fingerprint density at radius 3 is 2.79 bits per heavy atom. The molecule has 2 aromatic carbocycles. The highest BCUT2D eigenvalue weighted by Gasteiger charge is 2.22. The number of nitrogens with one attached hydrogen (secondary N) is 2. The average Bonchev–Trinajstić information content (AvgIpc) is 3.33. The molecule has 0 radical (unpaired) electrons. The zero-order chi connectivity index (χ0) is 18.6. The molecule has 4 nitrogen and oxygen atoms in total.